The number of rotatable bonds is 4. The molecule has 0 saturated heterocycles. The third kappa shape index (κ3) is 5.14. The molecule has 0 fully saturated rings. The summed E-state index contributed by atoms with van der Waals surface area (Å²) in [6.45, 7) is 10.1. The fourth-order valence-corrected chi connectivity index (χ4v) is 1.55. The number of hydrogen-bond acceptors (Lipinski definition) is 2. The summed E-state index contributed by atoms with van der Waals surface area (Å²) in [7, 11) is 0. The second kappa shape index (κ2) is 5.46. The van der Waals surface area contributed by atoms with Gasteiger partial charge in [0.2, 0.25) is 0 Å². The second-order valence-electron chi connectivity index (χ2n) is 5.55. The van der Waals surface area contributed by atoms with Crippen LogP contribution in [0.25, 0.3) is 0 Å². The zero-order valence-electron chi connectivity index (χ0n) is 11.5. The van der Waals surface area contributed by atoms with Crippen LogP contribution in [0.1, 0.15) is 37.5 Å². The summed E-state index contributed by atoms with van der Waals surface area (Å²) < 4.78 is 5.48. The summed E-state index contributed by atoms with van der Waals surface area (Å²) in [5.41, 5.74) is 3.21. The van der Waals surface area contributed by atoms with Crippen molar-refractivity contribution in [2.75, 3.05) is 6.61 Å². The zero-order valence-corrected chi connectivity index (χ0v) is 11.5. The third-order valence-electron chi connectivity index (χ3n) is 2.56. The van der Waals surface area contributed by atoms with E-state index in [0.717, 1.165) is 5.56 Å². The first kappa shape index (κ1) is 13.9. The Labute approximate surface area is 104 Å². The predicted molar refractivity (Wildman–Crippen MR) is 70.3 cm³/mol. The van der Waals surface area contributed by atoms with E-state index in [9.17, 15) is 4.79 Å². The van der Waals surface area contributed by atoms with Crippen LogP contribution in [0.3, 0.4) is 0 Å². The normalized spacial score (nSPS) is 11.6. The van der Waals surface area contributed by atoms with Gasteiger partial charge in [0.25, 0.3) is 0 Å². The molecule has 0 aliphatic rings. The van der Waals surface area contributed by atoms with E-state index in [1.54, 1.807) is 0 Å². The average Bonchev–Trinajstić information content (AvgIpc) is 2.20. The zero-order chi connectivity index (χ0) is 13.1. The van der Waals surface area contributed by atoms with Crippen LogP contribution in [-0.2, 0) is 16.0 Å². The number of carbonyl (C=O) groups excluding carboxylic acids is 1. The van der Waals surface area contributed by atoms with E-state index in [4.69, 9.17) is 4.74 Å². The maximum Gasteiger partial charge on any atom is 0.162 e. The van der Waals surface area contributed by atoms with Crippen LogP contribution < -0.4 is 0 Å². The molecule has 0 N–H and O–H groups in total. The highest BCUT2D eigenvalue weighted by molar-refractivity contribution is 5.82. The molecule has 0 amide bonds. The molecule has 0 aliphatic carbocycles. The minimum Gasteiger partial charge on any atom is -0.368 e. The molecule has 0 radical (unpaired) electrons. The van der Waals surface area contributed by atoms with Crippen LogP contribution in [0.2, 0.25) is 0 Å². The lowest BCUT2D eigenvalue weighted by atomic mass is 10.0. The van der Waals surface area contributed by atoms with Crippen molar-refractivity contribution in [3.05, 3.63) is 34.9 Å². The van der Waals surface area contributed by atoms with E-state index in [0.29, 0.717) is 6.42 Å². The van der Waals surface area contributed by atoms with Gasteiger partial charge in [-0.2, -0.15) is 0 Å². The molecule has 0 aliphatic heterocycles. The lowest BCUT2D eigenvalue weighted by Gasteiger charge is -2.19. The van der Waals surface area contributed by atoms with Crippen molar-refractivity contribution in [3.63, 3.8) is 0 Å². The minimum absolute atomic E-state index is 0.133. The van der Waals surface area contributed by atoms with Crippen LogP contribution in [0.4, 0.5) is 0 Å². The van der Waals surface area contributed by atoms with E-state index < -0.39 is 0 Å². The standard InChI is InChI=1S/C15H22O2/c1-11-6-7-12(2)13(8-11)9-14(16)10-17-15(3,4)5/h6-8H,9-10H2,1-5H3. The third-order valence-corrected chi connectivity index (χ3v) is 2.56. The van der Waals surface area contributed by atoms with Crippen LogP contribution in [0.15, 0.2) is 18.2 Å². The Balaban J connectivity index is 2.59. The summed E-state index contributed by atoms with van der Waals surface area (Å²) in [4.78, 5) is 11.8. The van der Waals surface area contributed by atoms with Gasteiger partial charge in [-0.05, 0) is 45.7 Å². The van der Waals surface area contributed by atoms with E-state index in [2.05, 4.69) is 18.2 Å². The van der Waals surface area contributed by atoms with Crippen molar-refractivity contribution in [1.82, 2.24) is 0 Å². The lowest BCUT2D eigenvalue weighted by Crippen LogP contribution is -2.24. The van der Waals surface area contributed by atoms with Crippen LogP contribution in [0, 0.1) is 13.8 Å². The Morgan fingerprint density at radius 3 is 2.47 bits per heavy atom. The molecule has 0 unspecified atom stereocenters. The highest BCUT2D eigenvalue weighted by Crippen LogP contribution is 2.13. The molecule has 2 heteroatoms. The van der Waals surface area contributed by atoms with Gasteiger partial charge < -0.3 is 4.74 Å². The molecular formula is C15H22O2. The van der Waals surface area contributed by atoms with Gasteiger partial charge in [0.05, 0.1) is 5.60 Å². The highest BCUT2D eigenvalue weighted by atomic mass is 16.5. The Hall–Kier alpha value is -1.15. The molecule has 94 valence electrons. The van der Waals surface area contributed by atoms with E-state index in [1.807, 2.05) is 34.6 Å². The van der Waals surface area contributed by atoms with Crippen molar-refractivity contribution >= 4 is 5.78 Å². The van der Waals surface area contributed by atoms with Gasteiger partial charge in [-0.15, -0.1) is 0 Å². The smallest absolute Gasteiger partial charge is 0.162 e. The quantitative estimate of drug-likeness (QED) is 0.799. The molecule has 1 rings (SSSR count). The van der Waals surface area contributed by atoms with Crippen LogP contribution in [-0.4, -0.2) is 18.0 Å². The van der Waals surface area contributed by atoms with Crippen LogP contribution >= 0.6 is 0 Å². The number of ether oxygens (including phenoxy) is 1. The van der Waals surface area contributed by atoms with E-state index >= 15 is 0 Å². The highest BCUT2D eigenvalue weighted by Gasteiger charge is 2.13. The lowest BCUT2D eigenvalue weighted by molar-refractivity contribution is -0.127. The molecule has 17 heavy (non-hydrogen) atoms. The monoisotopic (exact) mass is 234 g/mol. The minimum atomic E-state index is -0.253. The van der Waals surface area contributed by atoms with Crippen molar-refractivity contribution in [3.8, 4) is 0 Å². The van der Waals surface area contributed by atoms with E-state index in [-0.39, 0.29) is 18.0 Å². The Bertz CT molecular complexity index is 400. The molecule has 0 aromatic heterocycles. The van der Waals surface area contributed by atoms with Gasteiger partial charge >= 0.3 is 0 Å². The molecule has 1 aromatic rings. The summed E-state index contributed by atoms with van der Waals surface area (Å²) in [6.07, 6.45) is 0.462. The Morgan fingerprint density at radius 1 is 1.24 bits per heavy atom. The van der Waals surface area contributed by atoms with Gasteiger partial charge in [-0.25, -0.2) is 0 Å². The van der Waals surface area contributed by atoms with Gasteiger partial charge in [0.1, 0.15) is 6.61 Å². The molecule has 0 spiro atoms. The first-order valence-electron chi connectivity index (χ1n) is 6.00. The second-order valence-corrected chi connectivity index (χ2v) is 5.55. The number of hydrogen-bond donors (Lipinski definition) is 0. The molecule has 1 aromatic carbocycles. The van der Waals surface area contributed by atoms with Crippen molar-refractivity contribution in [2.24, 2.45) is 0 Å². The molecular weight excluding hydrogens is 212 g/mol. The topological polar surface area (TPSA) is 26.3 Å². The maximum atomic E-state index is 11.8. The number of ketones is 1. The van der Waals surface area contributed by atoms with Crippen molar-refractivity contribution in [1.29, 1.82) is 0 Å². The number of benzene rings is 1. The summed E-state index contributed by atoms with van der Waals surface area (Å²) >= 11 is 0. The van der Waals surface area contributed by atoms with Gasteiger partial charge in [-0.1, -0.05) is 23.8 Å². The Kier molecular flexibility index (Phi) is 4.47. The van der Waals surface area contributed by atoms with E-state index in [1.165, 1.54) is 11.1 Å². The SMILES string of the molecule is Cc1ccc(C)c(CC(=O)COC(C)(C)C)c1. The number of aryl methyl sites for hydroxylation is 2. The van der Waals surface area contributed by atoms with Gasteiger partial charge in [-0.3, -0.25) is 4.79 Å². The molecule has 0 atom stereocenters. The molecule has 0 heterocycles. The van der Waals surface area contributed by atoms with Gasteiger partial charge in [0, 0.05) is 6.42 Å². The molecule has 2 nitrogen and oxygen atoms in total. The summed E-state index contributed by atoms with van der Waals surface area (Å²) in [6, 6.07) is 6.20. The van der Waals surface area contributed by atoms with Crippen LogP contribution in [0.5, 0.6) is 0 Å². The summed E-state index contributed by atoms with van der Waals surface area (Å²) in [5, 5.41) is 0. The maximum absolute atomic E-state index is 11.8. The number of Topliss-reactive ketones (excluding diaryl/α,β-unsaturated/α-hetero) is 1. The fraction of sp³-hybridized carbons (Fsp3) is 0.533. The van der Waals surface area contributed by atoms with Crippen molar-refractivity contribution < 1.29 is 9.53 Å². The fourth-order valence-electron chi connectivity index (χ4n) is 1.55. The molecule has 0 saturated carbocycles. The van der Waals surface area contributed by atoms with Crippen molar-refractivity contribution in [2.45, 2.75) is 46.6 Å². The predicted octanol–water partition coefficient (Wildman–Crippen LogP) is 3.23. The largest absolute Gasteiger partial charge is 0.368 e. The summed E-state index contributed by atoms with van der Waals surface area (Å²) in [5.74, 6) is 0.133. The average molecular weight is 234 g/mol. The van der Waals surface area contributed by atoms with Gasteiger partial charge in [0.15, 0.2) is 5.78 Å². The first-order chi connectivity index (χ1) is 7.78. The first-order valence-corrected chi connectivity index (χ1v) is 6.00. The number of carbonyl (C=O) groups is 1. The molecule has 0 bridgehead atoms. The Morgan fingerprint density at radius 2 is 1.88 bits per heavy atom.